The van der Waals surface area contributed by atoms with Gasteiger partial charge in [-0.1, -0.05) is 11.6 Å². The lowest BCUT2D eigenvalue weighted by molar-refractivity contribution is -0.384. The maximum Gasteiger partial charge on any atom is 0.270 e. The summed E-state index contributed by atoms with van der Waals surface area (Å²) in [6.07, 6.45) is 5.87. The Hall–Kier alpha value is -2.94. The fourth-order valence-corrected chi connectivity index (χ4v) is 3.25. The van der Waals surface area contributed by atoms with Crippen LogP contribution >= 0.6 is 11.6 Å². The van der Waals surface area contributed by atoms with Crippen LogP contribution in [0, 0.1) is 10.1 Å². The van der Waals surface area contributed by atoms with Crippen LogP contribution in [-0.4, -0.2) is 40.1 Å². The minimum absolute atomic E-state index is 0.0315. The smallest absolute Gasteiger partial charge is 0.270 e. The van der Waals surface area contributed by atoms with Gasteiger partial charge in [-0.15, -0.1) is 0 Å². The first-order valence-electron chi connectivity index (χ1n) is 8.73. The van der Waals surface area contributed by atoms with Gasteiger partial charge in [-0.25, -0.2) is 0 Å². The number of benzene rings is 1. The Kier molecular flexibility index (Phi) is 6.25. The van der Waals surface area contributed by atoms with Crippen molar-refractivity contribution in [2.45, 2.75) is 37.8 Å². The van der Waals surface area contributed by atoms with Gasteiger partial charge in [0, 0.05) is 18.2 Å². The molecule has 1 heterocycles. The molecule has 28 heavy (non-hydrogen) atoms. The number of carbonyl (C=O) groups excluding carboxylic acids is 1. The monoisotopic (exact) mass is 406 g/mol. The zero-order chi connectivity index (χ0) is 20.1. The summed E-state index contributed by atoms with van der Waals surface area (Å²) in [5.41, 5.74) is -0.0769. The van der Waals surface area contributed by atoms with Crippen LogP contribution in [0.4, 0.5) is 5.69 Å². The zero-order valence-electron chi connectivity index (χ0n) is 15.1. The molecule has 0 atom stereocenters. The van der Waals surface area contributed by atoms with E-state index in [1.807, 2.05) is 0 Å². The van der Waals surface area contributed by atoms with E-state index >= 15 is 0 Å². The van der Waals surface area contributed by atoms with E-state index in [1.165, 1.54) is 37.7 Å². The SMILES string of the molecule is COc1cncc(OC2CCC(NC(=O)c3cc([N+](=O)[O-])ccc3Cl)CC2)n1. The highest BCUT2D eigenvalue weighted by molar-refractivity contribution is 6.33. The van der Waals surface area contributed by atoms with Gasteiger partial charge in [-0.05, 0) is 31.7 Å². The summed E-state index contributed by atoms with van der Waals surface area (Å²) in [7, 11) is 1.51. The molecule has 0 radical (unpaired) electrons. The van der Waals surface area contributed by atoms with Crippen molar-refractivity contribution in [2.75, 3.05) is 7.11 Å². The van der Waals surface area contributed by atoms with Gasteiger partial charge in [-0.3, -0.25) is 19.9 Å². The Morgan fingerprint density at radius 2 is 1.96 bits per heavy atom. The van der Waals surface area contributed by atoms with Gasteiger partial charge in [-0.2, -0.15) is 4.98 Å². The maximum absolute atomic E-state index is 12.5. The third-order valence-electron chi connectivity index (χ3n) is 4.50. The molecule has 3 rings (SSSR count). The van der Waals surface area contributed by atoms with Crippen molar-refractivity contribution in [3.05, 3.63) is 51.3 Å². The Morgan fingerprint density at radius 1 is 1.25 bits per heavy atom. The van der Waals surface area contributed by atoms with Gasteiger partial charge in [0.15, 0.2) is 0 Å². The number of nitrogens with zero attached hydrogens (tertiary/aromatic N) is 3. The second-order valence-corrected chi connectivity index (χ2v) is 6.79. The predicted octanol–water partition coefficient (Wildman–Crippen LogP) is 3.17. The lowest BCUT2D eigenvalue weighted by Gasteiger charge is -2.29. The van der Waals surface area contributed by atoms with E-state index in [-0.39, 0.29) is 28.4 Å². The number of rotatable bonds is 6. The molecule has 148 valence electrons. The van der Waals surface area contributed by atoms with Crippen molar-refractivity contribution in [2.24, 2.45) is 0 Å². The molecule has 1 amide bonds. The van der Waals surface area contributed by atoms with Crippen molar-refractivity contribution < 1.29 is 19.2 Å². The molecule has 0 aliphatic heterocycles. The van der Waals surface area contributed by atoms with Crippen LogP contribution in [0.3, 0.4) is 0 Å². The van der Waals surface area contributed by atoms with Crippen molar-refractivity contribution in [1.29, 1.82) is 0 Å². The average Bonchev–Trinajstić information content (AvgIpc) is 2.69. The van der Waals surface area contributed by atoms with Gasteiger partial charge in [0.05, 0.1) is 35.0 Å². The largest absolute Gasteiger partial charge is 0.480 e. The third-order valence-corrected chi connectivity index (χ3v) is 4.83. The summed E-state index contributed by atoms with van der Waals surface area (Å²) in [5, 5.41) is 14.0. The summed E-state index contributed by atoms with van der Waals surface area (Å²) < 4.78 is 10.9. The predicted molar refractivity (Wildman–Crippen MR) is 101 cm³/mol. The van der Waals surface area contributed by atoms with E-state index in [4.69, 9.17) is 21.1 Å². The first-order valence-corrected chi connectivity index (χ1v) is 9.11. The standard InChI is InChI=1S/C18H19ClN4O5/c1-27-16-9-20-10-17(22-16)28-13-5-2-11(3-6-13)21-18(24)14-8-12(23(25)26)4-7-15(14)19/h4,7-11,13H,2-3,5-6H2,1H3,(H,21,24). The fraction of sp³-hybridized carbons (Fsp3) is 0.389. The van der Waals surface area contributed by atoms with Gasteiger partial charge >= 0.3 is 0 Å². The average molecular weight is 407 g/mol. The molecule has 0 saturated heterocycles. The highest BCUT2D eigenvalue weighted by Gasteiger charge is 2.25. The van der Waals surface area contributed by atoms with Gasteiger partial charge in [0.2, 0.25) is 11.8 Å². The number of ether oxygens (including phenoxy) is 2. The number of halogens is 1. The molecule has 1 aliphatic carbocycles. The van der Waals surface area contributed by atoms with Crippen LogP contribution in [0.5, 0.6) is 11.8 Å². The molecule has 10 heteroatoms. The number of nitro benzene ring substituents is 1. The molecular weight excluding hydrogens is 388 g/mol. The number of aromatic nitrogens is 2. The number of hydrogen-bond acceptors (Lipinski definition) is 7. The molecule has 1 fully saturated rings. The summed E-state index contributed by atoms with van der Waals surface area (Å²) in [6, 6.07) is 3.75. The van der Waals surface area contributed by atoms with E-state index in [0.717, 1.165) is 12.8 Å². The number of methoxy groups -OCH3 is 1. The first kappa shape index (κ1) is 19.8. The quantitative estimate of drug-likeness (QED) is 0.578. The molecule has 0 bridgehead atoms. The van der Waals surface area contributed by atoms with Crippen molar-refractivity contribution in [3.63, 3.8) is 0 Å². The molecule has 9 nitrogen and oxygen atoms in total. The Labute approximate surface area is 166 Å². The van der Waals surface area contributed by atoms with Crippen LogP contribution in [-0.2, 0) is 0 Å². The first-order chi connectivity index (χ1) is 13.5. The van der Waals surface area contributed by atoms with Crippen LogP contribution in [0.1, 0.15) is 36.0 Å². The molecule has 1 aromatic heterocycles. The second-order valence-electron chi connectivity index (χ2n) is 6.39. The van der Waals surface area contributed by atoms with Gasteiger partial charge in [0.1, 0.15) is 6.10 Å². The molecule has 1 aromatic carbocycles. The number of carbonyl (C=O) groups is 1. The molecule has 2 aromatic rings. The Morgan fingerprint density at radius 3 is 2.64 bits per heavy atom. The van der Waals surface area contributed by atoms with Crippen LogP contribution in [0.25, 0.3) is 0 Å². The minimum atomic E-state index is -0.558. The Balaban J connectivity index is 1.55. The number of amides is 1. The summed E-state index contributed by atoms with van der Waals surface area (Å²) in [4.78, 5) is 31.0. The highest BCUT2D eigenvalue weighted by Crippen LogP contribution is 2.25. The normalized spacial score (nSPS) is 18.9. The van der Waals surface area contributed by atoms with E-state index in [2.05, 4.69) is 15.3 Å². The van der Waals surface area contributed by atoms with Crippen LogP contribution in [0.15, 0.2) is 30.6 Å². The zero-order valence-corrected chi connectivity index (χ0v) is 15.9. The van der Waals surface area contributed by atoms with Crippen molar-refractivity contribution in [1.82, 2.24) is 15.3 Å². The lowest BCUT2D eigenvalue weighted by atomic mass is 9.92. The van der Waals surface area contributed by atoms with Crippen molar-refractivity contribution >= 4 is 23.2 Å². The number of non-ortho nitro benzene ring substituents is 1. The number of hydrogen-bond donors (Lipinski definition) is 1. The highest BCUT2D eigenvalue weighted by atomic mass is 35.5. The molecule has 1 saturated carbocycles. The number of nitro groups is 1. The van der Waals surface area contributed by atoms with Gasteiger partial charge < -0.3 is 14.8 Å². The molecule has 0 unspecified atom stereocenters. The molecule has 1 aliphatic rings. The van der Waals surface area contributed by atoms with Crippen LogP contribution < -0.4 is 14.8 Å². The minimum Gasteiger partial charge on any atom is -0.480 e. The maximum atomic E-state index is 12.5. The molecule has 1 N–H and O–H groups in total. The third kappa shape index (κ3) is 4.86. The summed E-state index contributed by atoms with van der Waals surface area (Å²) >= 11 is 6.03. The van der Waals surface area contributed by atoms with E-state index in [0.29, 0.717) is 24.6 Å². The summed E-state index contributed by atoms with van der Waals surface area (Å²) in [6.45, 7) is 0. The Bertz CT molecular complexity index is 871. The fourth-order valence-electron chi connectivity index (χ4n) is 3.05. The van der Waals surface area contributed by atoms with Crippen molar-refractivity contribution in [3.8, 4) is 11.8 Å². The van der Waals surface area contributed by atoms with E-state index in [9.17, 15) is 14.9 Å². The molecular formula is C18H19ClN4O5. The van der Waals surface area contributed by atoms with Crippen LogP contribution in [0.2, 0.25) is 5.02 Å². The summed E-state index contributed by atoms with van der Waals surface area (Å²) in [5.74, 6) is 0.360. The topological polar surface area (TPSA) is 116 Å². The second kappa shape index (κ2) is 8.83. The van der Waals surface area contributed by atoms with E-state index in [1.54, 1.807) is 0 Å². The number of nitrogens with one attached hydrogen (secondary N) is 1. The lowest BCUT2D eigenvalue weighted by Crippen LogP contribution is -2.39. The van der Waals surface area contributed by atoms with Gasteiger partial charge in [0.25, 0.3) is 11.6 Å². The van der Waals surface area contributed by atoms with E-state index < -0.39 is 10.8 Å². The molecule has 0 spiro atoms.